The quantitative estimate of drug-likeness (QED) is 0.777. The summed E-state index contributed by atoms with van der Waals surface area (Å²) in [7, 11) is 0. The summed E-state index contributed by atoms with van der Waals surface area (Å²) in [5.74, 6) is 0.312. The number of amides is 1. The number of aliphatic hydroxyl groups is 1. The zero-order valence-electron chi connectivity index (χ0n) is 9.95. The third-order valence-corrected chi connectivity index (χ3v) is 3.42. The lowest BCUT2D eigenvalue weighted by Gasteiger charge is -2.14. The van der Waals surface area contributed by atoms with Gasteiger partial charge in [-0.15, -0.1) is 0 Å². The number of carbonyl (C=O) groups excluding carboxylic acids is 1. The lowest BCUT2D eigenvalue weighted by Crippen LogP contribution is -2.29. The Morgan fingerprint density at radius 1 is 1.53 bits per heavy atom. The summed E-state index contributed by atoms with van der Waals surface area (Å²) in [6.45, 7) is 2.87. The molecule has 0 heterocycles. The Morgan fingerprint density at radius 2 is 2.29 bits per heavy atom. The van der Waals surface area contributed by atoms with Crippen molar-refractivity contribution in [1.82, 2.24) is 5.32 Å². The maximum Gasteiger partial charge on any atom is 0.251 e. The summed E-state index contributed by atoms with van der Waals surface area (Å²) in [6.07, 6.45) is 1.70. The molecule has 1 aromatic rings. The maximum atomic E-state index is 11.8. The van der Waals surface area contributed by atoms with Crippen LogP contribution in [0.15, 0.2) is 24.3 Å². The molecule has 2 N–H and O–H groups in total. The fourth-order valence-electron chi connectivity index (χ4n) is 1.60. The molecule has 0 radical (unpaired) electrons. The average molecular weight is 347 g/mol. The molecule has 0 saturated carbocycles. The summed E-state index contributed by atoms with van der Waals surface area (Å²) in [5.41, 5.74) is 0.691. The first-order valence-electron chi connectivity index (χ1n) is 5.82. The van der Waals surface area contributed by atoms with Gasteiger partial charge in [-0.2, -0.15) is 0 Å². The molecular formula is C13H18INO2. The molecule has 1 amide bonds. The molecule has 1 atom stereocenters. The van der Waals surface area contributed by atoms with Crippen LogP contribution in [0, 0.1) is 9.49 Å². The molecule has 17 heavy (non-hydrogen) atoms. The van der Waals surface area contributed by atoms with Crippen molar-refractivity contribution in [3.8, 4) is 0 Å². The molecule has 0 aliphatic rings. The molecule has 0 fully saturated rings. The molecule has 1 unspecified atom stereocenters. The van der Waals surface area contributed by atoms with E-state index < -0.39 is 0 Å². The minimum Gasteiger partial charge on any atom is -0.396 e. The second-order valence-corrected chi connectivity index (χ2v) is 5.25. The van der Waals surface area contributed by atoms with E-state index in [0.29, 0.717) is 18.0 Å². The standard InChI is InChI=1S/C13H18INO2/c1-2-10(6-7-16)9-15-13(17)11-4-3-5-12(14)8-11/h3-5,8,10,16H,2,6-7,9H2,1H3,(H,15,17). The van der Waals surface area contributed by atoms with E-state index in [2.05, 4.69) is 34.8 Å². The van der Waals surface area contributed by atoms with Crippen LogP contribution in [-0.2, 0) is 0 Å². The van der Waals surface area contributed by atoms with Gasteiger partial charge in [0.1, 0.15) is 0 Å². The van der Waals surface area contributed by atoms with Gasteiger partial charge in [-0.3, -0.25) is 4.79 Å². The lowest BCUT2D eigenvalue weighted by atomic mass is 10.0. The van der Waals surface area contributed by atoms with Gasteiger partial charge in [-0.25, -0.2) is 0 Å². The van der Waals surface area contributed by atoms with Gasteiger partial charge < -0.3 is 10.4 Å². The largest absolute Gasteiger partial charge is 0.396 e. The maximum absolute atomic E-state index is 11.8. The number of rotatable bonds is 6. The third-order valence-electron chi connectivity index (χ3n) is 2.75. The minimum atomic E-state index is -0.0418. The monoisotopic (exact) mass is 347 g/mol. The molecule has 4 heteroatoms. The molecule has 3 nitrogen and oxygen atoms in total. The minimum absolute atomic E-state index is 0.0418. The number of hydrogen-bond acceptors (Lipinski definition) is 2. The highest BCUT2D eigenvalue weighted by Crippen LogP contribution is 2.09. The van der Waals surface area contributed by atoms with Gasteiger partial charge in [0.05, 0.1) is 0 Å². The fourth-order valence-corrected chi connectivity index (χ4v) is 2.15. The molecule has 0 saturated heterocycles. The van der Waals surface area contributed by atoms with Crippen LogP contribution < -0.4 is 5.32 Å². The van der Waals surface area contributed by atoms with E-state index in [1.165, 1.54) is 0 Å². The SMILES string of the molecule is CCC(CCO)CNC(=O)c1cccc(I)c1. The van der Waals surface area contributed by atoms with Gasteiger partial charge >= 0.3 is 0 Å². The normalized spacial score (nSPS) is 12.2. The van der Waals surface area contributed by atoms with E-state index in [-0.39, 0.29) is 12.5 Å². The summed E-state index contributed by atoms with van der Waals surface area (Å²) >= 11 is 2.19. The second-order valence-electron chi connectivity index (χ2n) is 4.01. The highest BCUT2D eigenvalue weighted by Gasteiger charge is 2.09. The van der Waals surface area contributed by atoms with Crippen LogP contribution in [0.3, 0.4) is 0 Å². The fraction of sp³-hybridized carbons (Fsp3) is 0.462. The first kappa shape index (κ1) is 14.4. The van der Waals surface area contributed by atoms with Crippen molar-refractivity contribution in [1.29, 1.82) is 0 Å². The zero-order chi connectivity index (χ0) is 12.7. The van der Waals surface area contributed by atoms with Crippen molar-refractivity contribution in [2.45, 2.75) is 19.8 Å². The molecule has 0 spiro atoms. The number of halogens is 1. The van der Waals surface area contributed by atoms with Crippen LogP contribution in [0.25, 0.3) is 0 Å². The van der Waals surface area contributed by atoms with Gasteiger partial charge in [-0.05, 0) is 53.1 Å². The van der Waals surface area contributed by atoms with Gasteiger partial charge in [-0.1, -0.05) is 19.4 Å². The predicted octanol–water partition coefficient (Wildman–Crippen LogP) is 2.43. The molecule has 0 aliphatic carbocycles. The Morgan fingerprint density at radius 3 is 2.88 bits per heavy atom. The Balaban J connectivity index is 2.49. The van der Waals surface area contributed by atoms with Gasteiger partial charge in [0.15, 0.2) is 0 Å². The number of nitrogens with one attached hydrogen (secondary N) is 1. The molecule has 0 bridgehead atoms. The second kappa shape index (κ2) is 7.66. The van der Waals surface area contributed by atoms with Crippen LogP contribution in [0.1, 0.15) is 30.1 Å². The molecule has 94 valence electrons. The summed E-state index contributed by atoms with van der Waals surface area (Å²) in [6, 6.07) is 7.51. The topological polar surface area (TPSA) is 49.3 Å². The van der Waals surface area contributed by atoms with Crippen LogP contribution in [0.5, 0.6) is 0 Å². The molecule has 1 aromatic carbocycles. The van der Waals surface area contributed by atoms with Crippen molar-refractivity contribution >= 4 is 28.5 Å². The molecular weight excluding hydrogens is 329 g/mol. The van der Waals surface area contributed by atoms with E-state index in [9.17, 15) is 4.79 Å². The van der Waals surface area contributed by atoms with E-state index in [1.54, 1.807) is 0 Å². The highest BCUT2D eigenvalue weighted by molar-refractivity contribution is 14.1. The Kier molecular flexibility index (Phi) is 6.50. The lowest BCUT2D eigenvalue weighted by molar-refractivity contribution is 0.0943. The average Bonchev–Trinajstić information content (AvgIpc) is 2.34. The van der Waals surface area contributed by atoms with E-state index in [0.717, 1.165) is 16.4 Å². The van der Waals surface area contributed by atoms with Gasteiger partial charge in [0, 0.05) is 22.3 Å². The zero-order valence-corrected chi connectivity index (χ0v) is 12.1. The summed E-state index contributed by atoms with van der Waals surface area (Å²) in [4.78, 5) is 11.8. The number of hydrogen-bond donors (Lipinski definition) is 2. The van der Waals surface area contributed by atoms with Gasteiger partial charge in [0.25, 0.3) is 5.91 Å². The molecule has 0 aliphatic heterocycles. The Bertz CT molecular complexity index is 368. The van der Waals surface area contributed by atoms with Crippen molar-refractivity contribution < 1.29 is 9.90 Å². The third kappa shape index (κ3) is 5.04. The van der Waals surface area contributed by atoms with Crippen LogP contribution in [-0.4, -0.2) is 24.2 Å². The van der Waals surface area contributed by atoms with Crippen LogP contribution in [0.2, 0.25) is 0 Å². The Hall–Kier alpha value is -0.620. The van der Waals surface area contributed by atoms with Crippen molar-refractivity contribution in [3.63, 3.8) is 0 Å². The highest BCUT2D eigenvalue weighted by atomic mass is 127. The van der Waals surface area contributed by atoms with E-state index in [4.69, 9.17) is 5.11 Å². The van der Waals surface area contributed by atoms with Gasteiger partial charge in [0.2, 0.25) is 0 Å². The summed E-state index contributed by atoms with van der Waals surface area (Å²) in [5, 5.41) is 11.8. The number of carbonyl (C=O) groups is 1. The first-order chi connectivity index (χ1) is 8.17. The number of benzene rings is 1. The summed E-state index contributed by atoms with van der Waals surface area (Å²) < 4.78 is 1.05. The van der Waals surface area contributed by atoms with Crippen molar-refractivity contribution in [2.24, 2.45) is 5.92 Å². The first-order valence-corrected chi connectivity index (χ1v) is 6.89. The number of aliphatic hydroxyl groups excluding tert-OH is 1. The van der Waals surface area contributed by atoms with Crippen LogP contribution in [0.4, 0.5) is 0 Å². The smallest absolute Gasteiger partial charge is 0.251 e. The molecule has 0 aromatic heterocycles. The Labute approximate surface area is 116 Å². The van der Waals surface area contributed by atoms with Crippen molar-refractivity contribution in [3.05, 3.63) is 33.4 Å². The van der Waals surface area contributed by atoms with Crippen LogP contribution >= 0.6 is 22.6 Å². The van der Waals surface area contributed by atoms with E-state index >= 15 is 0 Å². The predicted molar refractivity (Wildman–Crippen MR) is 77.0 cm³/mol. The molecule has 1 rings (SSSR count). The van der Waals surface area contributed by atoms with Crippen molar-refractivity contribution in [2.75, 3.05) is 13.2 Å². The van der Waals surface area contributed by atoms with E-state index in [1.807, 2.05) is 24.3 Å².